The Balaban J connectivity index is 1.76. The van der Waals surface area contributed by atoms with Crippen LogP contribution in [0.3, 0.4) is 0 Å². The van der Waals surface area contributed by atoms with E-state index < -0.39 is 24.6 Å². The summed E-state index contributed by atoms with van der Waals surface area (Å²) in [6.45, 7) is 4.02. The molecule has 0 bridgehead atoms. The van der Waals surface area contributed by atoms with E-state index in [0.29, 0.717) is 19.0 Å². The second kappa shape index (κ2) is 6.96. The summed E-state index contributed by atoms with van der Waals surface area (Å²) >= 11 is 0. The largest absolute Gasteiger partial charge is 0.481 e. The molecule has 21 heavy (non-hydrogen) atoms. The van der Waals surface area contributed by atoms with Crippen LogP contribution in [0.25, 0.3) is 0 Å². The third kappa shape index (κ3) is 4.85. The van der Waals surface area contributed by atoms with Crippen molar-refractivity contribution >= 4 is 5.97 Å². The molecule has 122 valence electrons. The van der Waals surface area contributed by atoms with Crippen molar-refractivity contribution in [2.75, 3.05) is 39.3 Å². The minimum atomic E-state index is -4.67. The van der Waals surface area contributed by atoms with Gasteiger partial charge in [0.2, 0.25) is 0 Å². The maximum Gasteiger partial charge on any atom is 0.403 e. The SMILES string of the molecule is O=C(O)C(CN1CCC(CN2CCCC2)CC1)C(F)(F)F. The van der Waals surface area contributed by atoms with Gasteiger partial charge in [0.15, 0.2) is 5.92 Å². The van der Waals surface area contributed by atoms with Crippen LogP contribution in [0.2, 0.25) is 0 Å². The maximum absolute atomic E-state index is 12.7. The number of rotatable bonds is 5. The Labute approximate surface area is 122 Å². The lowest BCUT2D eigenvalue weighted by molar-refractivity contribution is -0.197. The molecule has 7 heteroatoms. The first-order valence-electron chi connectivity index (χ1n) is 7.60. The maximum atomic E-state index is 12.7. The fraction of sp³-hybridized carbons (Fsp3) is 0.929. The molecule has 1 atom stereocenters. The highest BCUT2D eigenvalue weighted by Gasteiger charge is 2.46. The Kier molecular flexibility index (Phi) is 5.48. The highest BCUT2D eigenvalue weighted by molar-refractivity contribution is 5.71. The number of nitrogens with zero attached hydrogens (tertiary/aromatic N) is 2. The summed E-state index contributed by atoms with van der Waals surface area (Å²) in [4.78, 5) is 14.8. The quantitative estimate of drug-likeness (QED) is 0.844. The van der Waals surface area contributed by atoms with Gasteiger partial charge in [0.05, 0.1) is 0 Å². The van der Waals surface area contributed by atoms with E-state index in [2.05, 4.69) is 4.90 Å². The summed E-state index contributed by atoms with van der Waals surface area (Å²) in [6, 6.07) is 0. The van der Waals surface area contributed by atoms with Gasteiger partial charge in [-0.3, -0.25) is 4.79 Å². The van der Waals surface area contributed by atoms with E-state index in [0.717, 1.165) is 32.5 Å². The molecule has 0 amide bonds. The van der Waals surface area contributed by atoms with Crippen molar-refractivity contribution in [2.24, 2.45) is 11.8 Å². The van der Waals surface area contributed by atoms with Crippen LogP contribution >= 0.6 is 0 Å². The summed E-state index contributed by atoms with van der Waals surface area (Å²) in [6.07, 6.45) is -0.463. The summed E-state index contributed by atoms with van der Waals surface area (Å²) < 4.78 is 38.0. The van der Waals surface area contributed by atoms with Gasteiger partial charge in [-0.2, -0.15) is 13.2 Å². The number of likely N-dealkylation sites (tertiary alicyclic amines) is 2. The molecule has 0 radical (unpaired) electrons. The molecule has 0 aromatic carbocycles. The number of halogens is 3. The minimum Gasteiger partial charge on any atom is -0.481 e. The smallest absolute Gasteiger partial charge is 0.403 e. The molecule has 1 unspecified atom stereocenters. The predicted molar refractivity (Wildman–Crippen MR) is 72.0 cm³/mol. The van der Waals surface area contributed by atoms with Crippen molar-refractivity contribution in [1.29, 1.82) is 0 Å². The lowest BCUT2D eigenvalue weighted by atomic mass is 9.95. The number of carboxylic acids is 1. The molecule has 0 saturated carbocycles. The minimum absolute atomic E-state index is 0.421. The highest BCUT2D eigenvalue weighted by Crippen LogP contribution is 2.29. The average Bonchev–Trinajstić information content (AvgIpc) is 2.89. The first-order chi connectivity index (χ1) is 9.86. The van der Waals surface area contributed by atoms with E-state index in [9.17, 15) is 18.0 Å². The van der Waals surface area contributed by atoms with Crippen molar-refractivity contribution in [1.82, 2.24) is 9.80 Å². The predicted octanol–water partition coefficient (Wildman–Crippen LogP) is 2.06. The van der Waals surface area contributed by atoms with E-state index in [1.807, 2.05) is 0 Å². The Morgan fingerprint density at radius 2 is 1.67 bits per heavy atom. The van der Waals surface area contributed by atoms with Gasteiger partial charge in [-0.25, -0.2) is 0 Å². The molecule has 2 rings (SSSR count). The standard InChI is InChI=1S/C14H23F3N2O2/c15-14(16,17)12(13(20)21)10-19-7-3-11(4-8-19)9-18-5-1-2-6-18/h11-12H,1-10H2,(H,20,21). The molecule has 2 aliphatic heterocycles. The number of carbonyl (C=O) groups is 1. The zero-order chi connectivity index (χ0) is 15.5. The second-order valence-electron chi connectivity index (χ2n) is 6.18. The van der Waals surface area contributed by atoms with E-state index in [-0.39, 0.29) is 0 Å². The highest BCUT2D eigenvalue weighted by atomic mass is 19.4. The van der Waals surface area contributed by atoms with Gasteiger partial charge in [0.1, 0.15) is 0 Å². The first-order valence-corrected chi connectivity index (χ1v) is 7.60. The Morgan fingerprint density at radius 1 is 1.10 bits per heavy atom. The van der Waals surface area contributed by atoms with Crippen LogP contribution in [0.4, 0.5) is 13.2 Å². The van der Waals surface area contributed by atoms with Crippen LogP contribution in [0.5, 0.6) is 0 Å². The lowest BCUT2D eigenvalue weighted by Crippen LogP contribution is -2.45. The van der Waals surface area contributed by atoms with Gasteiger partial charge in [-0.05, 0) is 57.8 Å². The zero-order valence-electron chi connectivity index (χ0n) is 12.1. The summed E-state index contributed by atoms with van der Waals surface area (Å²) in [7, 11) is 0. The Bertz CT molecular complexity index is 349. The number of hydrogen-bond donors (Lipinski definition) is 1. The van der Waals surface area contributed by atoms with E-state index in [4.69, 9.17) is 5.11 Å². The van der Waals surface area contributed by atoms with Crippen LogP contribution in [-0.4, -0.2) is 66.3 Å². The fourth-order valence-electron chi connectivity index (χ4n) is 3.26. The van der Waals surface area contributed by atoms with Gasteiger partial charge in [-0.1, -0.05) is 0 Å². The Morgan fingerprint density at radius 3 is 2.14 bits per heavy atom. The van der Waals surface area contributed by atoms with Gasteiger partial charge >= 0.3 is 12.1 Å². The molecule has 1 N–H and O–H groups in total. The molecule has 0 aromatic rings. The van der Waals surface area contributed by atoms with Crippen molar-refractivity contribution in [3.63, 3.8) is 0 Å². The third-order valence-corrected chi connectivity index (χ3v) is 4.56. The van der Waals surface area contributed by atoms with E-state index in [1.54, 1.807) is 4.90 Å². The molecule has 2 fully saturated rings. The third-order valence-electron chi connectivity index (χ3n) is 4.56. The first kappa shape index (κ1) is 16.5. The molecular weight excluding hydrogens is 285 g/mol. The van der Waals surface area contributed by atoms with Crippen molar-refractivity contribution in [3.8, 4) is 0 Å². The molecule has 0 spiro atoms. The van der Waals surface area contributed by atoms with Gasteiger partial charge in [0.25, 0.3) is 0 Å². The lowest BCUT2D eigenvalue weighted by Gasteiger charge is -2.35. The van der Waals surface area contributed by atoms with Gasteiger partial charge in [-0.15, -0.1) is 0 Å². The van der Waals surface area contributed by atoms with E-state index >= 15 is 0 Å². The molecule has 2 aliphatic rings. The van der Waals surface area contributed by atoms with Crippen LogP contribution in [0.15, 0.2) is 0 Å². The van der Waals surface area contributed by atoms with Crippen LogP contribution < -0.4 is 0 Å². The Hall–Kier alpha value is -0.820. The fourth-order valence-corrected chi connectivity index (χ4v) is 3.26. The van der Waals surface area contributed by atoms with Crippen LogP contribution in [0, 0.1) is 11.8 Å². The van der Waals surface area contributed by atoms with Gasteiger partial charge in [0, 0.05) is 13.1 Å². The second-order valence-corrected chi connectivity index (χ2v) is 6.18. The number of hydrogen-bond acceptors (Lipinski definition) is 3. The van der Waals surface area contributed by atoms with Crippen molar-refractivity contribution in [3.05, 3.63) is 0 Å². The average molecular weight is 308 g/mol. The zero-order valence-corrected chi connectivity index (χ0v) is 12.1. The molecule has 2 heterocycles. The molecular formula is C14H23F3N2O2. The molecule has 2 saturated heterocycles. The van der Waals surface area contributed by atoms with Crippen LogP contribution in [0.1, 0.15) is 25.7 Å². The number of alkyl halides is 3. The molecule has 4 nitrogen and oxygen atoms in total. The normalized spacial score (nSPS) is 24.3. The van der Waals surface area contributed by atoms with Crippen LogP contribution in [-0.2, 0) is 4.79 Å². The summed E-state index contributed by atoms with van der Waals surface area (Å²) in [5, 5.41) is 8.73. The monoisotopic (exact) mass is 308 g/mol. The van der Waals surface area contributed by atoms with E-state index in [1.165, 1.54) is 12.8 Å². The topological polar surface area (TPSA) is 43.8 Å². The number of piperidine rings is 1. The van der Waals surface area contributed by atoms with Crippen molar-refractivity contribution in [2.45, 2.75) is 31.9 Å². The summed E-state index contributed by atoms with van der Waals surface area (Å²) in [5.41, 5.74) is 0. The van der Waals surface area contributed by atoms with Gasteiger partial charge < -0.3 is 14.9 Å². The van der Waals surface area contributed by atoms with Crippen molar-refractivity contribution < 1.29 is 23.1 Å². The summed E-state index contributed by atoms with van der Waals surface area (Å²) in [5.74, 6) is -3.51. The number of aliphatic carboxylic acids is 1. The molecule has 0 aromatic heterocycles. The number of carboxylic acid groups (broad SMARTS) is 1. The molecule has 0 aliphatic carbocycles.